The molecule has 4 nitrogen and oxygen atoms in total. The van der Waals surface area contributed by atoms with E-state index in [9.17, 15) is 0 Å². The molecule has 0 aliphatic carbocycles. The molecule has 2 N–H and O–H groups in total. The summed E-state index contributed by atoms with van der Waals surface area (Å²) in [6.45, 7) is 14.0. The molecular formula is C16H34N2O2. The fourth-order valence-corrected chi connectivity index (χ4v) is 2.97. The van der Waals surface area contributed by atoms with Gasteiger partial charge in [-0.05, 0) is 38.3 Å². The molecule has 0 radical (unpaired) electrons. The zero-order valence-corrected chi connectivity index (χ0v) is 13.7. The van der Waals surface area contributed by atoms with Gasteiger partial charge in [0.15, 0.2) is 0 Å². The maximum atomic E-state index is 9.02. The first-order valence-corrected chi connectivity index (χ1v) is 8.23. The molecule has 0 spiro atoms. The molecule has 120 valence electrons. The minimum absolute atomic E-state index is 0.249. The molecule has 1 rings (SSSR count). The van der Waals surface area contributed by atoms with Gasteiger partial charge in [-0.25, -0.2) is 0 Å². The minimum Gasteiger partial charge on any atom is -0.396 e. The first-order valence-electron chi connectivity index (χ1n) is 8.23. The summed E-state index contributed by atoms with van der Waals surface area (Å²) in [4.78, 5) is 2.46. The number of nitrogens with one attached hydrogen (secondary N) is 1. The molecule has 0 aromatic heterocycles. The van der Waals surface area contributed by atoms with E-state index in [1.165, 1.54) is 12.8 Å². The number of hydrogen-bond acceptors (Lipinski definition) is 4. The zero-order chi connectivity index (χ0) is 14.8. The van der Waals surface area contributed by atoms with Crippen molar-refractivity contribution in [2.75, 3.05) is 52.5 Å². The van der Waals surface area contributed by atoms with Crippen LogP contribution >= 0.6 is 0 Å². The Morgan fingerprint density at radius 2 is 2.20 bits per heavy atom. The van der Waals surface area contributed by atoms with Crippen molar-refractivity contribution in [2.45, 2.75) is 40.0 Å². The third-order valence-corrected chi connectivity index (χ3v) is 4.10. The third-order valence-electron chi connectivity index (χ3n) is 4.10. The van der Waals surface area contributed by atoms with E-state index in [2.05, 4.69) is 31.0 Å². The molecule has 1 atom stereocenters. The van der Waals surface area contributed by atoms with Crippen LogP contribution in [0.4, 0.5) is 0 Å². The lowest BCUT2D eigenvalue weighted by atomic mass is 9.81. The largest absolute Gasteiger partial charge is 0.396 e. The summed E-state index contributed by atoms with van der Waals surface area (Å²) in [5, 5.41) is 12.6. The van der Waals surface area contributed by atoms with Crippen LogP contribution in [-0.2, 0) is 4.74 Å². The average Bonchev–Trinajstić information content (AvgIpc) is 2.44. The Balaban J connectivity index is 2.52. The predicted octanol–water partition coefficient (Wildman–Crippen LogP) is 1.73. The van der Waals surface area contributed by atoms with Crippen LogP contribution < -0.4 is 5.32 Å². The molecule has 0 saturated carbocycles. The molecule has 0 bridgehead atoms. The lowest BCUT2D eigenvalue weighted by molar-refractivity contribution is -0.0263. The number of rotatable bonds is 10. The number of ether oxygens (including phenoxy) is 1. The highest BCUT2D eigenvalue weighted by Crippen LogP contribution is 2.29. The summed E-state index contributed by atoms with van der Waals surface area (Å²) in [6, 6.07) is 0. The van der Waals surface area contributed by atoms with Gasteiger partial charge in [0.05, 0.1) is 6.61 Å². The van der Waals surface area contributed by atoms with Gasteiger partial charge in [-0.15, -0.1) is 0 Å². The SMILES string of the molecule is CCN(CCCO)CC1(CNCC(C)C)CCCOC1. The number of nitrogens with zero attached hydrogens (tertiary/aromatic N) is 1. The van der Waals surface area contributed by atoms with Gasteiger partial charge in [0, 0.05) is 38.3 Å². The molecule has 0 amide bonds. The Morgan fingerprint density at radius 3 is 2.75 bits per heavy atom. The summed E-state index contributed by atoms with van der Waals surface area (Å²) in [6.07, 6.45) is 3.28. The second-order valence-electron chi connectivity index (χ2n) is 6.63. The van der Waals surface area contributed by atoms with Crippen molar-refractivity contribution >= 4 is 0 Å². The highest BCUT2D eigenvalue weighted by atomic mass is 16.5. The van der Waals surface area contributed by atoms with E-state index in [-0.39, 0.29) is 12.0 Å². The van der Waals surface area contributed by atoms with Crippen molar-refractivity contribution in [3.05, 3.63) is 0 Å². The summed E-state index contributed by atoms with van der Waals surface area (Å²) in [7, 11) is 0. The number of aliphatic hydroxyl groups is 1. The third kappa shape index (κ3) is 6.53. The Morgan fingerprint density at radius 1 is 1.40 bits per heavy atom. The fourth-order valence-electron chi connectivity index (χ4n) is 2.97. The van der Waals surface area contributed by atoms with Gasteiger partial charge < -0.3 is 20.1 Å². The molecule has 4 heteroatoms. The second-order valence-corrected chi connectivity index (χ2v) is 6.63. The first-order chi connectivity index (χ1) is 9.62. The van der Waals surface area contributed by atoms with Gasteiger partial charge in [0.25, 0.3) is 0 Å². The van der Waals surface area contributed by atoms with Crippen LogP contribution in [0.2, 0.25) is 0 Å². The summed E-state index contributed by atoms with van der Waals surface area (Å²) in [5.74, 6) is 0.688. The molecule has 1 aliphatic rings. The molecule has 1 fully saturated rings. The molecule has 1 unspecified atom stereocenters. The maximum absolute atomic E-state index is 9.02. The van der Waals surface area contributed by atoms with Gasteiger partial charge in [-0.1, -0.05) is 20.8 Å². The molecular weight excluding hydrogens is 252 g/mol. The van der Waals surface area contributed by atoms with Gasteiger partial charge >= 0.3 is 0 Å². The second kappa shape index (κ2) is 9.72. The van der Waals surface area contributed by atoms with Crippen molar-refractivity contribution in [1.82, 2.24) is 10.2 Å². The summed E-state index contributed by atoms with van der Waals surface area (Å²) >= 11 is 0. The van der Waals surface area contributed by atoms with E-state index < -0.39 is 0 Å². The van der Waals surface area contributed by atoms with Crippen LogP contribution in [0.25, 0.3) is 0 Å². The van der Waals surface area contributed by atoms with Crippen molar-refractivity contribution < 1.29 is 9.84 Å². The monoisotopic (exact) mass is 286 g/mol. The fraction of sp³-hybridized carbons (Fsp3) is 1.00. The van der Waals surface area contributed by atoms with Crippen LogP contribution in [0, 0.1) is 11.3 Å². The normalized spacial score (nSPS) is 23.7. The van der Waals surface area contributed by atoms with Gasteiger partial charge in [-0.2, -0.15) is 0 Å². The Hall–Kier alpha value is -0.160. The number of hydrogen-bond donors (Lipinski definition) is 2. The van der Waals surface area contributed by atoms with E-state index in [1.807, 2.05) is 0 Å². The van der Waals surface area contributed by atoms with E-state index in [0.717, 1.165) is 52.4 Å². The zero-order valence-electron chi connectivity index (χ0n) is 13.7. The maximum Gasteiger partial charge on any atom is 0.0546 e. The summed E-state index contributed by atoms with van der Waals surface area (Å²) < 4.78 is 5.78. The Kier molecular flexibility index (Phi) is 8.69. The van der Waals surface area contributed by atoms with Crippen molar-refractivity contribution in [3.63, 3.8) is 0 Å². The molecule has 0 aromatic rings. The smallest absolute Gasteiger partial charge is 0.0546 e. The van der Waals surface area contributed by atoms with Gasteiger partial charge in [0.1, 0.15) is 0 Å². The molecule has 0 aromatic carbocycles. The quantitative estimate of drug-likeness (QED) is 0.642. The molecule has 1 aliphatic heterocycles. The molecule has 20 heavy (non-hydrogen) atoms. The molecule has 1 saturated heterocycles. The lowest BCUT2D eigenvalue weighted by Crippen LogP contribution is -2.49. The van der Waals surface area contributed by atoms with Crippen LogP contribution in [0.5, 0.6) is 0 Å². The average molecular weight is 286 g/mol. The first kappa shape index (κ1) is 17.9. The van der Waals surface area contributed by atoms with Crippen molar-refractivity contribution in [3.8, 4) is 0 Å². The summed E-state index contributed by atoms with van der Waals surface area (Å²) in [5.41, 5.74) is 0.249. The van der Waals surface area contributed by atoms with E-state index in [4.69, 9.17) is 9.84 Å². The van der Waals surface area contributed by atoms with Crippen molar-refractivity contribution in [1.29, 1.82) is 0 Å². The van der Waals surface area contributed by atoms with Crippen LogP contribution in [0.3, 0.4) is 0 Å². The van der Waals surface area contributed by atoms with Crippen LogP contribution in [0.15, 0.2) is 0 Å². The Labute approximate surface area is 124 Å². The predicted molar refractivity (Wildman–Crippen MR) is 84.0 cm³/mol. The highest BCUT2D eigenvalue weighted by molar-refractivity contribution is 4.87. The Bertz CT molecular complexity index is 241. The topological polar surface area (TPSA) is 44.7 Å². The van der Waals surface area contributed by atoms with E-state index in [1.54, 1.807) is 0 Å². The standard InChI is InChI=1S/C16H34N2O2/c1-4-18(8-6-9-19)13-16(7-5-10-20-14-16)12-17-11-15(2)3/h15,17,19H,4-14H2,1-3H3. The lowest BCUT2D eigenvalue weighted by Gasteiger charge is -2.41. The highest BCUT2D eigenvalue weighted by Gasteiger charge is 2.34. The van der Waals surface area contributed by atoms with Gasteiger partial charge in [0.2, 0.25) is 0 Å². The number of aliphatic hydroxyl groups excluding tert-OH is 1. The van der Waals surface area contributed by atoms with Crippen LogP contribution in [-0.4, -0.2) is 62.6 Å². The van der Waals surface area contributed by atoms with Crippen LogP contribution in [0.1, 0.15) is 40.0 Å². The minimum atomic E-state index is 0.249. The molecule has 1 heterocycles. The van der Waals surface area contributed by atoms with E-state index >= 15 is 0 Å². The van der Waals surface area contributed by atoms with Crippen molar-refractivity contribution in [2.24, 2.45) is 11.3 Å². The van der Waals surface area contributed by atoms with E-state index in [0.29, 0.717) is 5.92 Å². The van der Waals surface area contributed by atoms with Gasteiger partial charge in [-0.3, -0.25) is 0 Å².